The number of sulfonamides is 1. The van der Waals surface area contributed by atoms with Crippen LogP contribution in [0.25, 0.3) is 0 Å². The van der Waals surface area contributed by atoms with Crippen LogP contribution in [0.3, 0.4) is 0 Å². The summed E-state index contributed by atoms with van der Waals surface area (Å²) in [4.78, 5) is 11.1. The minimum atomic E-state index is -4.04. The highest BCUT2D eigenvalue weighted by Gasteiger charge is 2.31. The average Bonchev–Trinajstić information content (AvgIpc) is 2.46. The van der Waals surface area contributed by atoms with Crippen molar-refractivity contribution in [2.45, 2.75) is 12.3 Å². The van der Waals surface area contributed by atoms with Crippen LogP contribution in [-0.4, -0.2) is 17.9 Å². The van der Waals surface area contributed by atoms with E-state index in [4.69, 9.17) is 0 Å². The molecule has 0 atom stereocenters. The SMILES string of the molecule is O=[N+]([O-])N(Cc1ccccc1)S(=O)(=O)Cc1ccccc1. The molecule has 0 aliphatic heterocycles. The van der Waals surface area contributed by atoms with Crippen molar-refractivity contribution >= 4 is 10.0 Å². The number of benzene rings is 2. The highest BCUT2D eigenvalue weighted by molar-refractivity contribution is 7.88. The number of hydrazine groups is 1. The van der Waals surface area contributed by atoms with Crippen LogP contribution in [0, 0.1) is 10.1 Å². The van der Waals surface area contributed by atoms with Gasteiger partial charge in [-0.05, 0) is 15.5 Å². The highest BCUT2D eigenvalue weighted by Crippen LogP contribution is 2.14. The molecule has 0 fully saturated rings. The summed E-state index contributed by atoms with van der Waals surface area (Å²) in [5.41, 5.74) is 1.07. The van der Waals surface area contributed by atoms with Gasteiger partial charge in [-0.2, -0.15) is 0 Å². The number of hydrogen-bond acceptors (Lipinski definition) is 4. The minimum absolute atomic E-state index is 0.287. The maximum Gasteiger partial charge on any atom is 0.288 e. The van der Waals surface area contributed by atoms with Crippen LogP contribution in [0.15, 0.2) is 60.7 Å². The van der Waals surface area contributed by atoms with Gasteiger partial charge in [-0.1, -0.05) is 60.7 Å². The predicted molar refractivity (Wildman–Crippen MR) is 78.0 cm³/mol. The average molecular weight is 306 g/mol. The molecule has 21 heavy (non-hydrogen) atoms. The summed E-state index contributed by atoms with van der Waals surface area (Å²) in [6.45, 7) is -0.289. The van der Waals surface area contributed by atoms with Crippen LogP contribution in [0.4, 0.5) is 0 Å². The Morgan fingerprint density at radius 2 is 1.38 bits per heavy atom. The van der Waals surface area contributed by atoms with Gasteiger partial charge in [0.25, 0.3) is 10.0 Å². The van der Waals surface area contributed by atoms with Gasteiger partial charge in [-0.25, -0.2) is 18.5 Å². The van der Waals surface area contributed by atoms with E-state index in [1.807, 2.05) is 0 Å². The van der Waals surface area contributed by atoms with Crippen molar-refractivity contribution in [2.75, 3.05) is 0 Å². The van der Waals surface area contributed by atoms with Gasteiger partial charge in [-0.3, -0.25) is 0 Å². The summed E-state index contributed by atoms with van der Waals surface area (Å²) < 4.78 is 24.7. The molecule has 2 rings (SSSR count). The third-order valence-electron chi connectivity index (χ3n) is 2.86. The Bertz CT molecular complexity index is 702. The Kier molecular flexibility index (Phi) is 4.54. The minimum Gasteiger partial charge on any atom is -0.234 e. The predicted octanol–water partition coefficient (Wildman–Crippen LogP) is 2.21. The van der Waals surface area contributed by atoms with E-state index in [-0.39, 0.29) is 11.0 Å². The number of nitro groups is 1. The lowest BCUT2D eigenvalue weighted by molar-refractivity contribution is -0.623. The monoisotopic (exact) mass is 306 g/mol. The third-order valence-corrected chi connectivity index (χ3v) is 4.46. The van der Waals surface area contributed by atoms with Crippen molar-refractivity contribution in [3.05, 3.63) is 81.9 Å². The Hall–Kier alpha value is -2.41. The van der Waals surface area contributed by atoms with Gasteiger partial charge in [0.05, 0.1) is 5.75 Å². The Morgan fingerprint density at radius 1 is 0.905 bits per heavy atom. The van der Waals surface area contributed by atoms with E-state index in [0.717, 1.165) is 0 Å². The Morgan fingerprint density at radius 3 is 1.86 bits per heavy atom. The molecule has 6 nitrogen and oxygen atoms in total. The van der Waals surface area contributed by atoms with Gasteiger partial charge in [0.1, 0.15) is 6.54 Å². The highest BCUT2D eigenvalue weighted by atomic mass is 32.2. The van der Waals surface area contributed by atoms with E-state index in [2.05, 4.69) is 0 Å². The molecule has 2 aromatic rings. The summed E-state index contributed by atoms with van der Waals surface area (Å²) in [5, 5.41) is 10.2. The first-order valence-corrected chi connectivity index (χ1v) is 7.82. The molecule has 0 spiro atoms. The Balaban J connectivity index is 2.23. The topological polar surface area (TPSA) is 80.5 Å². The summed E-state index contributed by atoms with van der Waals surface area (Å²) in [6, 6.07) is 16.9. The zero-order chi connectivity index (χ0) is 15.3. The zero-order valence-electron chi connectivity index (χ0n) is 11.1. The van der Waals surface area contributed by atoms with Crippen LogP contribution >= 0.6 is 0 Å². The third kappa shape index (κ3) is 4.03. The van der Waals surface area contributed by atoms with Crippen molar-refractivity contribution in [3.8, 4) is 0 Å². The smallest absolute Gasteiger partial charge is 0.234 e. The first kappa shape index (κ1) is 15.0. The van der Waals surface area contributed by atoms with E-state index in [1.165, 1.54) is 0 Å². The Labute approximate surface area is 122 Å². The molecule has 0 saturated carbocycles. The standard InChI is InChI=1S/C14H14N2O4S/c17-16(18)15(11-13-7-3-1-4-8-13)21(19,20)12-14-9-5-2-6-10-14/h1-10H,11-12H2. The molecular formula is C14H14N2O4S. The second-order valence-electron chi connectivity index (χ2n) is 4.45. The van der Waals surface area contributed by atoms with Gasteiger partial charge in [0, 0.05) is 0 Å². The quantitative estimate of drug-likeness (QED) is 0.605. The molecule has 0 aliphatic carbocycles. The molecule has 0 bridgehead atoms. The molecule has 0 radical (unpaired) electrons. The lowest BCUT2D eigenvalue weighted by Gasteiger charge is -2.14. The molecule has 110 valence electrons. The number of hydrogen-bond donors (Lipinski definition) is 0. The lowest BCUT2D eigenvalue weighted by atomic mass is 10.2. The second kappa shape index (κ2) is 6.36. The van der Waals surface area contributed by atoms with Crippen LogP contribution in [-0.2, 0) is 22.3 Å². The number of nitrogens with zero attached hydrogens (tertiary/aromatic N) is 2. The van der Waals surface area contributed by atoms with E-state index in [0.29, 0.717) is 11.1 Å². The molecule has 0 amide bonds. The molecule has 7 heteroatoms. The van der Waals surface area contributed by atoms with E-state index >= 15 is 0 Å². The van der Waals surface area contributed by atoms with Gasteiger partial charge < -0.3 is 0 Å². The zero-order valence-corrected chi connectivity index (χ0v) is 11.9. The summed E-state index contributed by atoms with van der Waals surface area (Å²) in [6.07, 6.45) is 0. The van der Waals surface area contributed by atoms with Crippen LogP contribution in [0.5, 0.6) is 0 Å². The molecule has 0 aromatic heterocycles. The van der Waals surface area contributed by atoms with E-state index in [9.17, 15) is 18.5 Å². The van der Waals surface area contributed by atoms with E-state index in [1.54, 1.807) is 60.7 Å². The van der Waals surface area contributed by atoms with Crippen molar-refractivity contribution < 1.29 is 13.5 Å². The molecule has 0 aliphatic rings. The van der Waals surface area contributed by atoms with Gasteiger partial charge >= 0.3 is 0 Å². The van der Waals surface area contributed by atoms with Crippen LogP contribution in [0.2, 0.25) is 0 Å². The van der Waals surface area contributed by atoms with Gasteiger partial charge in [0.15, 0.2) is 5.03 Å². The maximum absolute atomic E-state index is 12.2. The first-order chi connectivity index (χ1) is 9.99. The van der Waals surface area contributed by atoms with Crippen molar-refractivity contribution in [1.82, 2.24) is 4.41 Å². The van der Waals surface area contributed by atoms with E-state index < -0.39 is 20.8 Å². The molecule has 0 N–H and O–H groups in total. The maximum atomic E-state index is 12.2. The van der Waals surface area contributed by atoms with Gasteiger partial charge in [-0.15, -0.1) is 0 Å². The molecule has 0 unspecified atom stereocenters. The molecular weight excluding hydrogens is 292 g/mol. The van der Waals surface area contributed by atoms with Crippen molar-refractivity contribution in [2.24, 2.45) is 0 Å². The number of rotatable bonds is 6. The largest absolute Gasteiger partial charge is 0.288 e. The fraction of sp³-hybridized carbons (Fsp3) is 0.143. The van der Waals surface area contributed by atoms with Crippen LogP contribution < -0.4 is 0 Å². The molecule has 2 aromatic carbocycles. The van der Waals surface area contributed by atoms with Gasteiger partial charge in [0.2, 0.25) is 0 Å². The first-order valence-electron chi connectivity index (χ1n) is 6.21. The lowest BCUT2D eigenvalue weighted by Crippen LogP contribution is -2.36. The summed E-state index contributed by atoms with van der Waals surface area (Å²) in [7, 11) is -4.04. The normalized spacial score (nSPS) is 11.0. The molecule has 0 saturated heterocycles. The second-order valence-corrected chi connectivity index (χ2v) is 6.32. The summed E-state index contributed by atoms with van der Waals surface area (Å²) in [5.74, 6) is -0.401. The molecule has 0 heterocycles. The van der Waals surface area contributed by atoms with Crippen molar-refractivity contribution in [1.29, 1.82) is 0 Å². The summed E-state index contributed by atoms with van der Waals surface area (Å²) >= 11 is 0. The fourth-order valence-corrected chi connectivity index (χ4v) is 3.17. The van der Waals surface area contributed by atoms with Crippen molar-refractivity contribution in [3.63, 3.8) is 0 Å². The fourth-order valence-electron chi connectivity index (χ4n) is 1.86. The van der Waals surface area contributed by atoms with Crippen LogP contribution in [0.1, 0.15) is 11.1 Å².